The van der Waals surface area contributed by atoms with Gasteiger partial charge < -0.3 is 9.80 Å². The molecule has 4 heteroatoms. The Balaban J connectivity index is 1.37. The molecule has 1 saturated heterocycles. The molecular formula is C30H31ClN2O. The van der Waals surface area contributed by atoms with Crippen LogP contribution < -0.4 is 4.90 Å². The summed E-state index contributed by atoms with van der Waals surface area (Å²) in [6.45, 7) is 5.14. The number of carbonyl (C=O) groups excluding carboxylic acids is 1. The largest absolute Gasteiger partial charge is 0.367 e. The number of allylic oxidation sites excluding steroid dienone is 1. The highest BCUT2D eigenvalue weighted by Gasteiger charge is 2.30. The van der Waals surface area contributed by atoms with Gasteiger partial charge >= 0.3 is 0 Å². The van der Waals surface area contributed by atoms with Gasteiger partial charge in [-0.3, -0.25) is 4.79 Å². The minimum absolute atomic E-state index is 0.170. The van der Waals surface area contributed by atoms with Crippen LogP contribution in [0.2, 0.25) is 5.02 Å². The summed E-state index contributed by atoms with van der Waals surface area (Å²) in [4.78, 5) is 18.2. The zero-order valence-electron chi connectivity index (χ0n) is 19.7. The number of fused-ring (bicyclic) bond motifs is 1. The molecule has 2 aliphatic rings. The Kier molecular flexibility index (Phi) is 6.73. The first-order valence-corrected chi connectivity index (χ1v) is 12.6. The smallest absolute Gasteiger partial charge is 0.254 e. The fourth-order valence-electron chi connectivity index (χ4n) is 5.41. The number of halogens is 1. The van der Waals surface area contributed by atoms with Crippen LogP contribution in [0.3, 0.4) is 0 Å². The van der Waals surface area contributed by atoms with E-state index in [4.69, 9.17) is 11.6 Å². The fraction of sp³-hybridized carbons (Fsp3) is 0.300. The van der Waals surface area contributed by atoms with E-state index in [2.05, 4.69) is 72.5 Å². The maximum absolute atomic E-state index is 13.9. The van der Waals surface area contributed by atoms with Crippen molar-refractivity contribution >= 4 is 28.8 Å². The highest BCUT2D eigenvalue weighted by atomic mass is 35.5. The molecule has 3 aromatic carbocycles. The maximum atomic E-state index is 13.9. The molecule has 0 aromatic heterocycles. The van der Waals surface area contributed by atoms with Crippen LogP contribution in [0.15, 0.2) is 84.4 Å². The number of nitrogens with zero attached hydrogens (tertiary/aromatic N) is 2. The zero-order valence-corrected chi connectivity index (χ0v) is 20.5. The second-order valence-electron chi connectivity index (χ2n) is 9.40. The van der Waals surface area contributed by atoms with E-state index < -0.39 is 0 Å². The Morgan fingerprint density at radius 1 is 0.882 bits per heavy atom. The molecule has 1 atom stereocenters. The van der Waals surface area contributed by atoms with Gasteiger partial charge in [-0.15, -0.1) is 0 Å². The average molecular weight is 471 g/mol. The summed E-state index contributed by atoms with van der Waals surface area (Å²) in [5.74, 6) is 0.583. The van der Waals surface area contributed by atoms with Crippen molar-refractivity contribution in [3.8, 4) is 0 Å². The van der Waals surface area contributed by atoms with Crippen molar-refractivity contribution in [3.63, 3.8) is 0 Å². The van der Waals surface area contributed by atoms with E-state index in [1.165, 1.54) is 16.7 Å². The molecule has 0 N–H and O–H groups in total. The predicted molar refractivity (Wildman–Crippen MR) is 141 cm³/mol. The molecule has 1 fully saturated rings. The van der Waals surface area contributed by atoms with Crippen molar-refractivity contribution in [1.29, 1.82) is 0 Å². The molecule has 174 valence electrons. The monoisotopic (exact) mass is 470 g/mol. The molecule has 1 aliphatic carbocycles. The van der Waals surface area contributed by atoms with Crippen LogP contribution in [0.4, 0.5) is 5.69 Å². The summed E-state index contributed by atoms with van der Waals surface area (Å²) in [6, 6.07) is 27.2. The lowest BCUT2D eigenvalue weighted by Gasteiger charge is -2.37. The number of para-hydroxylation sites is 1. The van der Waals surface area contributed by atoms with Crippen molar-refractivity contribution in [2.24, 2.45) is 0 Å². The Bertz CT molecular complexity index is 1200. The number of carbonyl (C=O) groups is 1. The fourth-order valence-corrected chi connectivity index (χ4v) is 5.66. The SMILES string of the molecule is CC1=C(C(=O)N2CCN(c3ccccc3Cl)CC2)c2ccccc2C(Cc2ccccc2)CC1. The summed E-state index contributed by atoms with van der Waals surface area (Å²) in [5.41, 5.74) is 6.96. The molecule has 0 spiro atoms. The molecule has 5 rings (SSSR count). The van der Waals surface area contributed by atoms with Gasteiger partial charge in [-0.2, -0.15) is 0 Å². The summed E-state index contributed by atoms with van der Waals surface area (Å²) >= 11 is 6.41. The van der Waals surface area contributed by atoms with Crippen LogP contribution in [-0.4, -0.2) is 37.0 Å². The van der Waals surface area contributed by atoms with Crippen molar-refractivity contribution < 1.29 is 4.79 Å². The lowest BCUT2D eigenvalue weighted by atomic mass is 9.86. The van der Waals surface area contributed by atoms with Crippen LogP contribution in [0, 0.1) is 0 Å². The van der Waals surface area contributed by atoms with Crippen LogP contribution >= 0.6 is 11.6 Å². The maximum Gasteiger partial charge on any atom is 0.254 e. The van der Waals surface area contributed by atoms with E-state index in [9.17, 15) is 4.79 Å². The Hall–Kier alpha value is -3.04. The number of hydrogen-bond acceptors (Lipinski definition) is 2. The number of anilines is 1. The Morgan fingerprint density at radius 2 is 1.56 bits per heavy atom. The molecule has 1 amide bonds. The molecule has 3 nitrogen and oxygen atoms in total. The molecule has 0 radical (unpaired) electrons. The van der Waals surface area contributed by atoms with Crippen molar-refractivity contribution in [2.75, 3.05) is 31.1 Å². The number of rotatable bonds is 4. The van der Waals surface area contributed by atoms with Gasteiger partial charge in [-0.1, -0.05) is 83.9 Å². The number of piperazine rings is 1. The van der Waals surface area contributed by atoms with Gasteiger partial charge in [-0.05, 0) is 60.9 Å². The summed E-state index contributed by atoms with van der Waals surface area (Å²) in [6.07, 6.45) is 3.02. The predicted octanol–water partition coefficient (Wildman–Crippen LogP) is 6.58. The standard InChI is InChI=1S/C30H31ClN2O/c1-22-15-16-24(21-23-9-3-2-4-10-23)25-11-5-6-12-26(25)29(22)30(34)33-19-17-32(18-20-33)28-14-8-7-13-27(28)31/h2-14,24H,15-21H2,1H3. The molecule has 0 saturated carbocycles. The first kappa shape index (κ1) is 22.7. The lowest BCUT2D eigenvalue weighted by molar-refractivity contribution is -0.125. The minimum atomic E-state index is 0.170. The topological polar surface area (TPSA) is 23.6 Å². The average Bonchev–Trinajstić information content (AvgIpc) is 3.01. The van der Waals surface area contributed by atoms with Gasteiger partial charge in [0.05, 0.1) is 10.7 Å². The van der Waals surface area contributed by atoms with Gasteiger partial charge in [0.1, 0.15) is 0 Å². The van der Waals surface area contributed by atoms with E-state index >= 15 is 0 Å². The summed E-state index contributed by atoms with van der Waals surface area (Å²) in [7, 11) is 0. The van der Waals surface area contributed by atoms with E-state index in [1.54, 1.807) is 0 Å². The van der Waals surface area contributed by atoms with Crippen LogP contribution in [0.25, 0.3) is 5.57 Å². The zero-order chi connectivity index (χ0) is 23.5. The Labute approximate surface area is 207 Å². The van der Waals surface area contributed by atoms with Gasteiger partial charge in [-0.25, -0.2) is 0 Å². The molecule has 1 unspecified atom stereocenters. The quantitative estimate of drug-likeness (QED) is 0.429. The molecule has 3 aromatic rings. The molecular weight excluding hydrogens is 440 g/mol. The minimum Gasteiger partial charge on any atom is -0.367 e. The first-order valence-electron chi connectivity index (χ1n) is 12.2. The van der Waals surface area contributed by atoms with E-state index in [-0.39, 0.29) is 5.91 Å². The molecule has 0 bridgehead atoms. The van der Waals surface area contributed by atoms with Crippen molar-refractivity contribution in [1.82, 2.24) is 4.90 Å². The van der Waals surface area contributed by atoms with E-state index in [0.717, 1.165) is 54.2 Å². The van der Waals surface area contributed by atoms with Crippen LogP contribution in [-0.2, 0) is 11.2 Å². The highest BCUT2D eigenvalue weighted by molar-refractivity contribution is 6.33. The van der Waals surface area contributed by atoms with Crippen molar-refractivity contribution in [2.45, 2.75) is 32.1 Å². The van der Waals surface area contributed by atoms with Crippen molar-refractivity contribution in [3.05, 3.63) is 106 Å². The van der Waals surface area contributed by atoms with Gasteiger partial charge in [0.2, 0.25) is 0 Å². The third-order valence-electron chi connectivity index (χ3n) is 7.26. The van der Waals surface area contributed by atoms with Gasteiger partial charge in [0.15, 0.2) is 0 Å². The number of hydrogen-bond donors (Lipinski definition) is 0. The summed E-state index contributed by atoms with van der Waals surface area (Å²) < 4.78 is 0. The molecule has 34 heavy (non-hydrogen) atoms. The second kappa shape index (κ2) is 10.1. The molecule has 1 aliphatic heterocycles. The second-order valence-corrected chi connectivity index (χ2v) is 9.81. The third-order valence-corrected chi connectivity index (χ3v) is 7.58. The van der Waals surface area contributed by atoms with E-state index in [1.807, 2.05) is 23.1 Å². The summed E-state index contributed by atoms with van der Waals surface area (Å²) in [5, 5.41) is 0.767. The lowest BCUT2D eigenvalue weighted by Crippen LogP contribution is -2.49. The number of benzene rings is 3. The van der Waals surface area contributed by atoms with Crippen LogP contribution in [0.1, 0.15) is 42.4 Å². The van der Waals surface area contributed by atoms with E-state index in [0.29, 0.717) is 19.0 Å². The Morgan fingerprint density at radius 3 is 2.32 bits per heavy atom. The van der Waals surface area contributed by atoms with Gasteiger partial charge in [0.25, 0.3) is 5.91 Å². The van der Waals surface area contributed by atoms with Crippen LogP contribution in [0.5, 0.6) is 0 Å². The molecule has 1 heterocycles. The third kappa shape index (κ3) is 4.63. The van der Waals surface area contributed by atoms with Gasteiger partial charge in [0, 0.05) is 31.8 Å². The normalized spacial score (nSPS) is 18.5. The first-order chi connectivity index (χ1) is 16.6. The number of amides is 1. The highest BCUT2D eigenvalue weighted by Crippen LogP contribution is 2.39.